The Bertz CT molecular complexity index is 1590. The molecule has 0 radical (unpaired) electrons. The van der Waals surface area contributed by atoms with Gasteiger partial charge in [-0.2, -0.15) is 8.42 Å². The van der Waals surface area contributed by atoms with Gasteiger partial charge in [0.15, 0.2) is 0 Å². The van der Waals surface area contributed by atoms with Gasteiger partial charge in [-0.05, 0) is 34.7 Å². The Morgan fingerprint density at radius 3 is 1.96 bits per heavy atom. The maximum atomic E-state index is 12.8. The standard InChI is InChI=1S/C31H34N4O9S/c1-20(34-31(39)44-18-26-24-13-7-5-11-22(24)23-12-6-8-14-25(23)26)28(36)35-27(19-45(40,41)42)29(37)32-15-16-33-30(38)43-17-21-9-3-2-4-10-21/h2-14,20,26-27H,15-19H2,1H3,(H,32,37)(H,33,38)(H,34,39)(H,35,36)(H,40,41,42)/t20-,27?/m0/s1. The highest BCUT2D eigenvalue weighted by molar-refractivity contribution is 7.85. The Morgan fingerprint density at radius 1 is 0.756 bits per heavy atom. The molecule has 3 aromatic carbocycles. The van der Waals surface area contributed by atoms with Crippen LogP contribution in [0.15, 0.2) is 78.9 Å². The van der Waals surface area contributed by atoms with E-state index < -0.39 is 52.0 Å². The summed E-state index contributed by atoms with van der Waals surface area (Å²) in [6.07, 6.45) is -1.62. The zero-order valence-corrected chi connectivity index (χ0v) is 25.2. The Balaban J connectivity index is 1.23. The molecule has 2 atom stereocenters. The lowest BCUT2D eigenvalue weighted by molar-refractivity contribution is -0.129. The zero-order chi connectivity index (χ0) is 32.4. The smallest absolute Gasteiger partial charge is 0.407 e. The molecular weight excluding hydrogens is 604 g/mol. The van der Waals surface area contributed by atoms with Crippen LogP contribution in [0.2, 0.25) is 0 Å². The average Bonchev–Trinajstić information content (AvgIpc) is 3.34. The van der Waals surface area contributed by atoms with Crippen molar-refractivity contribution in [3.63, 3.8) is 0 Å². The third kappa shape index (κ3) is 9.52. The van der Waals surface area contributed by atoms with Gasteiger partial charge < -0.3 is 30.7 Å². The molecule has 0 saturated heterocycles. The maximum absolute atomic E-state index is 12.8. The van der Waals surface area contributed by atoms with Crippen LogP contribution >= 0.6 is 0 Å². The van der Waals surface area contributed by atoms with Crippen LogP contribution in [0, 0.1) is 0 Å². The Labute approximate surface area is 260 Å². The first kappa shape index (κ1) is 33.0. The summed E-state index contributed by atoms with van der Waals surface area (Å²) >= 11 is 0. The summed E-state index contributed by atoms with van der Waals surface area (Å²) in [5.74, 6) is -3.14. The van der Waals surface area contributed by atoms with Crippen LogP contribution < -0.4 is 21.3 Å². The van der Waals surface area contributed by atoms with Crippen LogP contribution in [0.25, 0.3) is 11.1 Å². The highest BCUT2D eigenvalue weighted by atomic mass is 32.2. The van der Waals surface area contributed by atoms with Crippen molar-refractivity contribution in [3.8, 4) is 11.1 Å². The molecule has 0 saturated carbocycles. The van der Waals surface area contributed by atoms with Crippen LogP contribution in [-0.2, 0) is 35.8 Å². The summed E-state index contributed by atoms with van der Waals surface area (Å²) in [7, 11) is -4.68. The SMILES string of the molecule is C[C@H](NC(=O)OCC1c2ccccc2-c2ccccc21)C(=O)NC(CS(=O)(=O)O)C(=O)NCCNC(=O)OCc1ccccc1. The number of carbonyl (C=O) groups excluding carboxylic acids is 4. The maximum Gasteiger partial charge on any atom is 0.407 e. The molecule has 0 aromatic heterocycles. The predicted molar refractivity (Wildman–Crippen MR) is 164 cm³/mol. The summed E-state index contributed by atoms with van der Waals surface area (Å²) in [5.41, 5.74) is 4.91. The fourth-order valence-electron chi connectivity index (χ4n) is 4.82. The van der Waals surface area contributed by atoms with Crippen molar-refractivity contribution in [2.24, 2.45) is 0 Å². The van der Waals surface area contributed by atoms with Crippen molar-refractivity contribution in [2.45, 2.75) is 31.5 Å². The van der Waals surface area contributed by atoms with Crippen molar-refractivity contribution >= 4 is 34.1 Å². The second-order valence-electron chi connectivity index (χ2n) is 10.3. The van der Waals surface area contributed by atoms with E-state index in [0.717, 1.165) is 27.8 Å². The molecule has 1 aliphatic carbocycles. The number of carbonyl (C=O) groups is 4. The fourth-order valence-corrected chi connectivity index (χ4v) is 5.48. The first-order valence-corrected chi connectivity index (χ1v) is 15.7. The largest absolute Gasteiger partial charge is 0.449 e. The number of ether oxygens (including phenoxy) is 2. The zero-order valence-electron chi connectivity index (χ0n) is 24.4. The average molecular weight is 639 g/mol. The van der Waals surface area contributed by atoms with E-state index in [-0.39, 0.29) is 32.2 Å². The summed E-state index contributed by atoms with van der Waals surface area (Å²) in [4.78, 5) is 49.8. The van der Waals surface area contributed by atoms with E-state index in [4.69, 9.17) is 9.47 Å². The second kappa shape index (κ2) is 15.2. The van der Waals surface area contributed by atoms with Crippen molar-refractivity contribution in [2.75, 3.05) is 25.4 Å². The van der Waals surface area contributed by atoms with E-state index in [0.29, 0.717) is 0 Å². The van der Waals surface area contributed by atoms with Crippen LogP contribution in [0.5, 0.6) is 0 Å². The van der Waals surface area contributed by atoms with Gasteiger partial charge in [-0.15, -0.1) is 0 Å². The minimum absolute atomic E-state index is 0.00974. The van der Waals surface area contributed by atoms with E-state index in [2.05, 4.69) is 21.3 Å². The number of fused-ring (bicyclic) bond motifs is 3. The number of benzene rings is 3. The topological polar surface area (TPSA) is 189 Å². The van der Waals surface area contributed by atoms with E-state index in [1.807, 2.05) is 54.6 Å². The second-order valence-corrected chi connectivity index (χ2v) is 11.8. The molecule has 0 bridgehead atoms. The number of hydrogen-bond donors (Lipinski definition) is 5. The van der Waals surface area contributed by atoms with E-state index in [1.165, 1.54) is 6.92 Å². The molecular formula is C31H34N4O9S. The van der Waals surface area contributed by atoms with Gasteiger partial charge in [-0.3, -0.25) is 14.1 Å². The Kier molecular flexibility index (Phi) is 11.1. The van der Waals surface area contributed by atoms with Crippen molar-refractivity contribution < 1.29 is 41.6 Å². The third-order valence-corrected chi connectivity index (χ3v) is 7.74. The van der Waals surface area contributed by atoms with Gasteiger partial charge in [0.1, 0.15) is 31.1 Å². The number of alkyl carbamates (subject to hydrolysis) is 2. The molecule has 4 amide bonds. The number of amides is 4. The third-order valence-electron chi connectivity index (χ3n) is 6.99. The number of rotatable bonds is 13. The van der Waals surface area contributed by atoms with Crippen LogP contribution in [0.1, 0.15) is 29.5 Å². The molecule has 45 heavy (non-hydrogen) atoms. The molecule has 13 nitrogen and oxygen atoms in total. The van der Waals surface area contributed by atoms with Gasteiger partial charge in [-0.1, -0.05) is 78.9 Å². The minimum atomic E-state index is -4.68. The van der Waals surface area contributed by atoms with Gasteiger partial charge in [0.05, 0.1) is 0 Å². The normalized spacial score (nSPS) is 13.4. The van der Waals surface area contributed by atoms with Crippen molar-refractivity contribution in [1.29, 1.82) is 0 Å². The molecule has 238 valence electrons. The van der Waals surface area contributed by atoms with Crippen molar-refractivity contribution in [1.82, 2.24) is 21.3 Å². The van der Waals surface area contributed by atoms with E-state index in [9.17, 15) is 32.1 Å². The molecule has 0 heterocycles. The van der Waals surface area contributed by atoms with Crippen molar-refractivity contribution in [3.05, 3.63) is 95.6 Å². The first-order valence-electron chi connectivity index (χ1n) is 14.1. The number of hydrogen-bond acceptors (Lipinski definition) is 8. The summed E-state index contributed by atoms with van der Waals surface area (Å²) in [6.45, 7) is 1.18. The van der Waals surface area contributed by atoms with E-state index in [1.54, 1.807) is 24.3 Å². The number of nitrogens with one attached hydrogen (secondary N) is 4. The molecule has 5 N–H and O–H groups in total. The summed E-state index contributed by atoms with van der Waals surface area (Å²) < 4.78 is 42.9. The van der Waals surface area contributed by atoms with Gasteiger partial charge in [0.25, 0.3) is 10.1 Å². The van der Waals surface area contributed by atoms with Gasteiger partial charge in [0.2, 0.25) is 11.8 Å². The molecule has 0 aliphatic heterocycles. The molecule has 1 unspecified atom stereocenters. The molecule has 0 spiro atoms. The fraction of sp³-hybridized carbons (Fsp3) is 0.290. The molecule has 4 rings (SSSR count). The summed E-state index contributed by atoms with van der Waals surface area (Å²) in [5, 5.41) is 9.39. The van der Waals surface area contributed by atoms with Crippen LogP contribution in [-0.4, -0.2) is 74.5 Å². The van der Waals surface area contributed by atoms with Crippen LogP contribution in [0.3, 0.4) is 0 Å². The molecule has 3 aromatic rings. The molecule has 0 fully saturated rings. The highest BCUT2D eigenvalue weighted by Gasteiger charge is 2.31. The minimum Gasteiger partial charge on any atom is -0.449 e. The lowest BCUT2D eigenvalue weighted by Gasteiger charge is -2.21. The molecule has 14 heteroatoms. The van der Waals surface area contributed by atoms with Crippen LogP contribution in [0.4, 0.5) is 9.59 Å². The lowest BCUT2D eigenvalue weighted by Crippen LogP contribution is -2.55. The lowest BCUT2D eigenvalue weighted by atomic mass is 9.98. The Hall–Kier alpha value is -4.95. The summed E-state index contributed by atoms with van der Waals surface area (Å²) in [6, 6.07) is 21.7. The van der Waals surface area contributed by atoms with Gasteiger partial charge >= 0.3 is 12.2 Å². The van der Waals surface area contributed by atoms with Gasteiger partial charge in [-0.25, -0.2) is 9.59 Å². The predicted octanol–water partition coefficient (Wildman–Crippen LogP) is 2.33. The quantitative estimate of drug-likeness (QED) is 0.138. The monoisotopic (exact) mass is 638 g/mol. The highest BCUT2D eigenvalue weighted by Crippen LogP contribution is 2.44. The van der Waals surface area contributed by atoms with E-state index >= 15 is 0 Å². The first-order chi connectivity index (χ1) is 21.5. The van der Waals surface area contributed by atoms with Gasteiger partial charge in [0, 0.05) is 19.0 Å². The Morgan fingerprint density at radius 2 is 1.33 bits per heavy atom. The molecule has 1 aliphatic rings.